The zero-order chi connectivity index (χ0) is 18.7. The fourth-order valence-electron chi connectivity index (χ4n) is 3.30. The van der Waals surface area contributed by atoms with Crippen molar-refractivity contribution in [2.45, 2.75) is 24.2 Å². The number of hydrogen-bond donors (Lipinski definition) is 0. The van der Waals surface area contributed by atoms with E-state index in [0.717, 1.165) is 18.9 Å². The van der Waals surface area contributed by atoms with E-state index in [1.54, 1.807) is 4.90 Å². The van der Waals surface area contributed by atoms with Gasteiger partial charge < -0.3 is 4.90 Å². The van der Waals surface area contributed by atoms with E-state index in [0.29, 0.717) is 19.5 Å². The van der Waals surface area contributed by atoms with Crippen molar-refractivity contribution in [1.29, 1.82) is 0 Å². The number of rotatable bonds is 5. The van der Waals surface area contributed by atoms with Gasteiger partial charge >= 0.3 is 0 Å². The Labute approximate surface area is 152 Å². The SMILES string of the molecule is O=C(C[C@H]1C=CCC1)N1CCN(S(=O)(=O)c2cccc([N+](=O)[O-])c2)CC1. The molecular formula is C17H21N3O5S. The average molecular weight is 379 g/mol. The molecule has 3 rings (SSSR count). The van der Waals surface area contributed by atoms with Gasteiger partial charge in [-0.15, -0.1) is 0 Å². The minimum Gasteiger partial charge on any atom is -0.340 e. The van der Waals surface area contributed by atoms with Crippen LogP contribution in [0.15, 0.2) is 41.3 Å². The molecule has 26 heavy (non-hydrogen) atoms. The fraction of sp³-hybridized carbons (Fsp3) is 0.471. The monoisotopic (exact) mass is 379 g/mol. The van der Waals surface area contributed by atoms with Gasteiger partial charge in [-0.25, -0.2) is 8.42 Å². The molecule has 0 saturated carbocycles. The second kappa shape index (κ2) is 7.55. The smallest absolute Gasteiger partial charge is 0.270 e. The van der Waals surface area contributed by atoms with Gasteiger partial charge in [0.25, 0.3) is 5.69 Å². The lowest BCUT2D eigenvalue weighted by molar-refractivity contribution is -0.385. The summed E-state index contributed by atoms with van der Waals surface area (Å²) in [4.78, 5) is 24.2. The van der Waals surface area contributed by atoms with Gasteiger partial charge in [-0.1, -0.05) is 18.2 Å². The quantitative estimate of drug-likeness (QED) is 0.441. The van der Waals surface area contributed by atoms with E-state index in [1.807, 2.05) is 0 Å². The number of piperazine rings is 1. The Kier molecular flexibility index (Phi) is 5.38. The highest BCUT2D eigenvalue weighted by atomic mass is 32.2. The Balaban J connectivity index is 1.63. The van der Waals surface area contributed by atoms with Gasteiger partial charge in [0.05, 0.1) is 9.82 Å². The van der Waals surface area contributed by atoms with Gasteiger partial charge in [0.2, 0.25) is 15.9 Å². The van der Waals surface area contributed by atoms with Gasteiger partial charge in [0, 0.05) is 44.7 Å². The molecule has 1 aromatic carbocycles. The van der Waals surface area contributed by atoms with Crippen LogP contribution in [0.1, 0.15) is 19.3 Å². The lowest BCUT2D eigenvalue weighted by Crippen LogP contribution is -2.50. The second-order valence-electron chi connectivity index (χ2n) is 6.51. The summed E-state index contributed by atoms with van der Waals surface area (Å²) in [5, 5.41) is 10.9. The first-order valence-electron chi connectivity index (χ1n) is 8.57. The molecule has 0 unspecified atom stereocenters. The Hall–Kier alpha value is -2.26. The van der Waals surface area contributed by atoms with E-state index in [9.17, 15) is 23.3 Å². The van der Waals surface area contributed by atoms with Crippen LogP contribution in [0.5, 0.6) is 0 Å². The normalized spacial score (nSPS) is 21.1. The number of amides is 1. The Bertz CT molecular complexity index is 829. The number of nitro benzene ring substituents is 1. The van der Waals surface area contributed by atoms with Crippen molar-refractivity contribution in [2.24, 2.45) is 5.92 Å². The molecule has 0 N–H and O–H groups in total. The molecule has 1 saturated heterocycles. The van der Waals surface area contributed by atoms with Gasteiger partial charge in [0.15, 0.2) is 0 Å². The van der Waals surface area contributed by atoms with E-state index in [2.05, 4.69) is 12.2 Å². The summed E-state index contributed by atoms with van der Waals surface area (Å²) >= 11 is 0. The van der Waals surface area contributed by atoms with E-state index in [4.69, 9.17) is 0 Å². The highest BCUT2D eigenvalue weighted by Gasteiger charge is 2.31. The minimum absolute atomic E-state index is 0.0500. The summed E-state index contributed by atoms with van der Waals surface area (Å²) in [5.41, 5.74) is -0.260. The molecule has 2 aliphatic rings. The van der Waals surface area contributed by atoms with E-state index < -0.39 is 14.9 Å². The largest absolute Gasteiger partial charge is 0.340 e. The van der Waals surface area contributed by atoms with Gasteiger partial charge in [0.1, 0.15) is 0 Å². The number of non-ortho nitro benzene ring substituents is 1. The maximum Gasteiger partial charge on any atom is 0.270 e. The van der Waals surface area contributed by atoms with Crippen molar-refractivity contribution in [2.75, 3.05) is 26.2 Å². The van der Waals surface area contributed by atoms with Crippen LogP contribution in [-0.4, -0.2) is 54.6 Å². The van der Waals surface area contributed by atoms with Crippen LogP contribution in [0.4, 0.5) is 5.69 Å². The van der Waals surface area contributed by atoms with Crippen molar-refractivity contribution in [1.82, 2.24) is 9.21 Å². The standard InChI is InChI=1S/C17H21N3O5S/c21-17(12-14-4-1-2-5-14)18-8-10-19(11-9-18)26(24,25)16-7-3-6-15(13-16)20(22)23/h1,3-4,6-7,13-14H,2,5,8-12H2/t14-/m0/s1. The lowest BCUT2D eigenvalue weighted by Gasteiger charge is -2.34. The van der Waals surface area contributed by atoms with Crippen molar-refractivity contribution in [3.05, 3.63) is 46.5 Å². The summed E-state index contributed by atoms with van der Waals surface area (Å²) in [6, 6.07) is 5.04. The second-order valence-corrected chi connectivity index (χ2v) is 8.45. The number of nitrogens with zero attached hydrogens (tertiary/aromatic N) is 3. The van der Waals surface area contributed by atoms with Crippen LogP contribution in [-0.2, 0) is 14.8 Å². The average Bonchev–Trinajstić information content (AvgIpc) is 3.15. The van der Waals surface area contributed by atoms with E-state index in [1.165, 1.54) is 22.5 Å². The third-order valence-corrected chi connectivity index (χ3v) is 6.70. The first kappa shape index (κ1) is 18.5. The number of benzene rings is 1. The van der Waals surface area contributed by atoms with Gasteiger partial charge in [-0.3, -0.25) is 14.9 Å². The molecule has 0 spiro atoms. The highest BCUT2D eigenvalue weighted by Crippen LogP contribution is 2.24. The maximum atomic E-state index is 12.7. The predicted octanol–water partition coefficient (Wildman–Crippen LogP) is 1.78. The molecule has 1 aliphatic heterocycles. The number of nitro groups is 1. The highest BCUT2D eigenvalue weighted by molar-refractivity contribution is 7.89. The molecule has 1 heterocycles. The minimum atomic E-state index is -3.81. The molecule has 1 atom stereocenters. The summed E-state index contributed by atoms with van der Waals surface area (Å²) in [5.74, 6) is 0.336. The molecule has 9 heteroatoms. The topological polar surface area (TPSA) is 101 Å². The Morgan fingerprint density at radius 2 is 1.96 bits per heavy atom. The predicted molar refractivity (Wildman–Crippen MR) is 94.9 cm³/mol. The van der Waals surface area contributed by atoms with Crippen molar-refractivity contribution >= 4 is 21.6 Å². The number of carbonyl (C=O) groups is 1. The molecule has 0 radical (unpaired) electrons. The molecule has 1 fully saturated rings. The first-order chi connectivity index (χ1) is 12.4. The van der Waals surface area contributed by atoms with Crippen LogP contribution < -0.4 is 0 Å². The Morgan fingerprint density at radius 1 is 1.23 bits per heavy atom. The summed E-state index contributed by atoms with van der Waals surface area (Å²) in [6.45, 7) is 1.06. The van der Waals surface area contributed by atoms with Gasteiger partial charge in [-0.2, -0.15) is 4.31 Å². The van der Waals surface area contributed by atoms with E-state index in [-0.39, 0.29) is 35.5 Å². The number of sulfonamides is 1. The van der Waals surface area contributed by atoms with Crippen molar-refractivity contribution in [3.63, 3.8) is 0 Å². The van der Waals surface area contributed by atoms with Crippen LogP contribution in [0.3, 0.4) is 0 Å². The van der Waals surface area contributed by atoms with Crippen LogP contribution in [0.25, 0.3) is 0 Å². The molecule has 1 aromatic rings. The zero-order valence-corrected chi connectivity index (χ0v) is 15.1. The fourth-order valence-corrected chi connectivity index (χ4v) is 4.77. The van der Waals surface area contributed by atoms with Crippen LogP contribution >= 0.6 is 0 Å². The number of carbonyl (C=O) groups excluding carboxylic acids is 1. The maximum absolute atomic E-state index is 12.7. The van der Waals surface area contributed by atoms with Gasteiger partial charge in [-0.05, 0) is 24.8 Å². The van der Waals surface area contributed by atoms with Crippen molar-refractivity contribution < 1.29 is 18.1 Å². The third kappa shape index (κ3) is 3.94. The molecule has 1 aliphatic carbocycles. The molecule has 140 valence electrons. The number of allylic oxidation sites excluding steroid dienone is 2. The molecule has 8 nitrogen and oxygen atoms in total. The summed E-state index contributed by atoms with van der Waals surface area (Å²) < 4.78 is 26.7. The van der Waals surface area contributed by atoms with Crippen LogP contribution in [0.2, 0.25) is 0 Å². The lowest BCUT2D eigenvalue weighted by atomic mass is 10.0. The summed E-state index contributed by atoms with van der Waals surface area (Å²) in [6.07, 6.45) is 6.62. The Morgan fingerprint density at radius 3 is 2.58 bits per heavy atom. The van der Waals surface area contributed by atoms with Crippen molar-refractivity contribution in [3.8, 4) is 0 Å². The third-order valence-electron chi connectivity index (χ3n) is 4.81. The summed E-state index contributed by atoms with van der Waals surface area (Å²) in [7, 11) is -3.81. The molecule has 1 amide bonds. The molecule has 0 aromatic heterocycles. The van der Waals surface area contributed by atoms with Crippen LogP contribution in [0, 0.1) is 16.0 Å². The zero-order valence-electron chi connectivity index (χ0n) is 14.3. The molecule has 0 bridgehead atoms. The molecular weight excluding hydrogens is 358 g/mol. The van der Waals surface area contributed by atoms with E-state index >= 15 is 0 Å². The number of hydrogen-bond acceptors (Lipinski definition) is 5. The first-order valence-corrected chi connectivity index (χ1v) is 10.0.